The van der Waals surface area contributed by atoms with Crippen molar-refractivity contribution in [3.8, 4) is 0 Å². The molecule has 1 aromatic rings. The molecule has 1 aromatic carbocycles. The van der Waals surface area contributed by atoms with E-state index in [2.05, 4.69) is 31.4 Å². The molecule has 6 heteroatoms. The number of halogens is 1. The van der Waals surface area contributed by atoms with E-state index in [0.717, 1.165) is 12.1 Å². The molecule has 0 spiro atoms. The highest BCUT2D eigenvalue weighted by Gasteiger charge is 2.16. The second kappa shape index (κ2) is 7.61. The zero-order valence-electron chi connectivity index (χ0n) is 12.7. The molecule has 116 valence electrons. The Hall–Kier alpha value is -1.33. The van der Waals surface area contributed by atoms with Crippen LogP contribution in [0.15, 0.2) is 18.2 Å². The summed E-state index contributed by atoms with van der Waals surface area (Å²) in [5.41, 5.74) is 0.980. The fourth-order valence-corrected chi connectivity index (χ4v) is 2.18. The maximum absolute atomic E-state index is 11.7. The van der Waals surface area contributed by atoms with E-state index in [1.165, 1.54) is 0 Å². The lowest BCUT2D eigenvalue weighted by molar-refractivity contribution is 0.0526. The molecule has 21 heavy (non-hydrogen) atoms. The van der Waals surface area contributed by atoms with Crippen molar-refractivity contribution in [3.05, 3.63) is 28.8 Å². The van der Waals surface area contributed by atoms with Crippen molar-refractivity contribution in [2.24, 2.45) is 0 Å². The second-order valence-electron chi connectivity index (χ2n) is 5.23. The van der Waals surface area contributed by atoms with Crippen LogP contribution in [0.4, 0.5) is 5.69 Å². The molecule has 0 heterocycles. The first-order chi connectivity index (χ1) is 9.79. The van der Waals surface area contributed by atoms with Crippen LogP contribution in [0.1, 0.15) is 44.5 Å². The van der Waals surface area contributed by atoms with Gasteiger partial charge in [-0.2, -0.15) is 0 Å². The lowest BCUT2D eigenvalue weighted by Gasteiger charge is -2.26. The Balaban J connectivity index is 2.76. The number of carbonyl (C=O) groups excluding carboxylic acids is 1. The number of hydrogen-bond donors (Lipinski definition) is 2. The summed E-state index contributed by atoms with van der Waals surface area (Å²) in [4.78, 5) is 11.7. The van der Waals surface area contributed by atoms with Crippen LogP contribution in [-0.4, -0.2) is 23.2 Å². The van der Waals surface area contributed by atoms with Crippen molar-refractivity contribution >= 4 is 40.6 Å². The van der Waals surface area contributed by atoms with Crippen LogP contribution in [0.3, 0.4) is 0 Å². The van der Waals surface area contributed by atoms with Crippen molar-refractivity contribution in [3.63, 3.8) is 0 Å². The Kier molecular flexibility index (Phi) is 6.42. The van der Waals surface area contributed by atoms with Crippen molar-refractivity contribution in [1.29, 1.82) is 0 Å². The maximum atomic E-state index is 11.7. The van der Waals surface area contributed by atoms with Crippen LogP contribution in [0.5, 0.6) is 0 Å². The van der Waals surface area contributed by atoms with Gasteiger partial charge in [-0.05, 0) is 57.6 Å². The van der Waals surface area contributed by atoms with Crippen molar-refractivity contribution in [2.75, 3.05) is 11.9 Å². The first-order valence-electron chi connectivity index (χ1n) is 6.85. The van der Waals surface area contributed by atoms with Gasteiger partial charge in [-0.3, -0.25) is 0 Å². The van der Waals surface area contributed by atoms with Crippen molar-refractivity contribution in [2.45, 2.75) is 39.7 Å². The summed E-state index contributed by atoms with van der Waals surface area (Å²) in [6.45, 7) is 8.28. The van der Waals surface area contributed by atoms with Gasteiger partial charge in [0.25, 0.3) is 0 Å². The number of benzene rings is 1. The van der Waals surface area contributed by atoms with Crippen LogP contribution >= 0.6 is 23.8 Å². The van der Waals surface area contributed by atoms with Gasteiger partial charge in [-0.1, -0.05) is 18.5 Å². The minimum absolute atomic E-state index is 0.0846. The molecule has 0 unspecified atom stereocenters. The number of thiocarbonyl (C=S) groups is 1. The number of nitrogens with one attached hydrogen (secondary N) is 2. The van der Waals surface area contributed by atoms with Gasteiger partial charge in [0.1, 0.15) is 0 Å². The first-order valence-corrected chi connectivity index (χ1v) is 7.63. The zero-order chi connectivity index (χ0) is 16.0. The molecule has 0 atom stereocenters. The van der Waals surface area contributed by atoms with Gasteiger partial charge in [-0.15, -0.1) is 0 Å². The minimum atomic E-state index is -0.429. The highest BCUT2D eigenvalue weighted by atomic mass is 35.5. The first kappa shape index (κ1) is 17.7. The van der Waals surface area contributed by atoms with E-state index in [-0.39, 0.29) is 5.54 Å². The number of ether oxygens (including phenoxy) is 1. The molecule has 1 rings (SSSR count). The lowest BCUT2D eigenvalue weighted by Crippen LogP contribution is -2.44. The summed E-state index contributed by atoms with van der Waals surface area (Å²) >= 11 is 11.4. The number of hydrogen-bond acceptors (Lipinski definition) is 3. The van der Waals surface area contributed by atoms with Crippen molar-refractivity contribution < 1.29 is 9.53 Å². The predicted molar refractivity (Wildman–Crippen MR) is 91.1 cm³/mol. The predicted octanol–water partition coefficient (Wildman–Crippen LogP) is 3.99. The monoisotopic (exact) mass is 328 g/mol. The molecule has 0 saturated carbocycles. The quantitative estimate of drug-likeness (QED) is 0.632. The third kappa shape index (κ3) is 5.52. The summed E-state index contributed by atoms with van der Waals surface area (Å²) in [5.74, 6) is -0.429. The molecule has 0 radical (unpaired) electrons. The summed E-state index contributed by atoms with van der Waals surface area (Å²) in [6.07, 6.45) is 0.942. The molecular formula is C15H21ClN2O2S. The van der Waals surface area contributed by atoms with Gasteiger partial charge in [0.05, 0.1) is 17.2 Å². The Morgan fingerprint density at radius 3 is 2.57 bits per heavy atom. The van der Waals surface area contributed by atoms with Gasteiger partial charge in [0.15, 0.2) is 5.11 Å². The lowest BCUT2D eigenvalue weighted by atomic mass is 10.0. The summed E-state index contributed by atoms with van der Waals surface area (Å²) in [5, 5.41) is 7.12. The Labute approximate surface area is 136 Å². The average Bonchev–Trinajstić information content (AvgIpc) is 2.38. The summed E-state index contributed by atoms with van der Waals surface area (Å²) in [7, 11) is 0. The zero-order valence-corrected chi connectivity index (χ0v) is 14.3. The van der Waals surface area contributed by atoms with Crippen molar-refractivity contribution in [1.82, 2.24) is 5.32 Å². The SMILES string of the molecule is CCOC(=O)c1ccc(NC(=S)NC(C)(C)CC)cc1Cl. The largest absolute Gasteiger partial charge is 0.462 e. The molecule has 0 amide bonds. The van der Waals surface area contributed by atoms with Crippen LogP contribution < -0.4 is 10.6 Å². The normalized spacial score (nSPS) is 10.9. The molecule has 4 nitrogen and oxygen atoms in total. The van der Waals surface area contributed by atoms with Gasteiger partial charge < -0.3 is 15.4 Å². The van der Waals surface area contributed by atoms with E-state index in [1.54, 1.807) is 25.1 Å². The molecule has 2 N–H and O–H groups in total. The number of anilines is 1. The smallest absolute Gasteiger partial charge is 0.339 e. The fraction of sp³-hybridized carbons (Fsp3) is 0.467. The van der Waals surface area contributed by atoms with Gasteiger partial charge in [0.2, 0.25) is 0 Å². The van der Waals surface area contributed by atoms with E-state index >= 15 is 0 Å². The molecule has 0 saturated heterocycles. The fourth-order valence-electron chi connectivity index (χ4n) is 1.53. The minimum Gasteiger partial charge on any atom is -0.462 e. The number of carbonyl (C=O) groups is 1. The highest BCUT2D eigenvalue weighted by Crippen LogP contribution is 2.22. The molecule has 0 aliphatic rings. The average molecular weight is 329 g/mol. The Morgan fingerprint density at radius 2 is 2.05 bits per heavy atom. The van der Waals surface area contributed by atoms with Gasteiger partial charge >= 0.3 is 5.97 Å². The Morgan fingerprint density at radius 1 is 1.38 bits per heavy atom. The highest BCUT2D eigenvalue weighted by molar-refractivity contribution is 7.80. The van der Waals surface area contributed by atoms with Crippen LogP contribution in [0, 0.1) is 0 Å². The van der Waals surface area contributed by atoms with Crippen LogP contribution in [0.25, 0.3) is 0 Å². The Bertz CT molecular complexity index is 532. The maximum Gasteiger partial charge on any atom is 0.339 e. The summed E-state index contributed by atoms with van der Waals surface area (Å²) in [6, 6.07) is 5.02. The molecule has 0 aliphatic heterocycles. The van der Waals surface area contributed by atoms with E-state index in [0.29, 0.717) is 22.3 Å². The summed E-state index contributed by atoms with van der Waals surface area (Å²) < 4.78 is 4.93. The number of rotatable bonds is 5. The molecule has 0 aromatic heterocycles. The van der Waals surface area contributed by atoms with Crippen LogP contribution in [-0.2, 0) is 4.74 Å². The van der Waals surface area contributed by atoms with Crippen LogP contribution in [0.2, 0.25) is 5.02 Å². The van der Waals surface area contributed by atoms with E-state index in [4.69, 9.17) is 28.6 Å². The standard InChI is InChI=1S/C15H21ClN2O2S/c1-5-15(3,4)18-14(21)17-10-7-8-11(12(16)9-10)13(19)20-6-2/h7-9H,5-6H2,1-4H3,(H2,17,18,21). The topological polar surface area (TPSA) is 50.4 Å². The second-order valence-corrected chi connectivity index (χ2v) is 6.05. The third-order valence-electron chi connectivity index (χ3n) is 3.06. The van der Waals surface area contributed by atoms with Gasteiger partial charge in [0, 0.05) is 11.2 Å². The number of esters is 1. The molecule has 0 aliphatic carbocycles. The third-order valence-corrected chi connectivity index (χ3v) is 3.57. The van der Waals surface area contributed by atoms with E-state index < -0.39 is 5.97 Å². The van der Waals surface area contributed by atoms with E-state index in [9.17, 15) is 4.79 Å². The molecular weight excluding hydrogens is 308 g/mol. The molecule has 0 fully saturated rings. The molecule has 0 bridgehead atoms. The van der Waals surface area contributed by atoms with E-state index in [1.807, 2.05) is 0 Å². The van der Waals surface area contributed by atoms with Gasteiger partial charge in [-0.25, -0.2) is 4.79 Å².